The number of imidazole rings is 2. The van der Waals surface area contributed by atoms with Gasteiger partial charge in [-0.15, -0.1) is 0 Å². The highest BCUT2D eigenvalue weighted by Crippen LogP contribution is 2.36. The van der Waals surface area contributed by atoms with Gasteiger partial charge >= 0.3 is 12.2 Å². The fourth-order valence-corrected chi connectivity index (χ4v) is 7.64. The van der Waals surface area contributed by atoms with Gasteiger partial charge in [0.15, 0.2) is 0 Å². The molecular weight excluding hydrogens is 704 g/mol. The van der Waals surface area contributed by atoms with Crippen LogP contribution >= 0.6 is 0 Å². The summed E-state index contributed by atoms with van der Waals surface area (Å²) in [7, 11) is 1.28. The summed E-state index contributed by atoms with van der Waals surface area (Å²) in [5, 5.41) is 24.8. The number of benzene rings is 2. The molecule has 1 unspecified atom stereocenters. The van der Waals surface area contributed by atoms with E-state index in [1.54, 1.807) is 22.2 Å². The Morgan fingerprint density at radius 2 is 1.27 bits per heavy atom. The van der Waals surface area contributed by atoms with Crippen LogP contribution in [0.15, 0.2) is 54.9 Å². The fraction of sp³-hybridized carbons (Fsp3) is 0.450. The van der Waals surface area contributed by atoms with Crippen LogP contribution in [0.5, 0.6) is 0 Å². The van der Waals surface area contributed by atoms with Gasteiger partial charge in [-0.1, -0.05) is 64.1 Å². The monoisotopic (exact) mass is 754 g/mol. The summed E-state index contributed by atoms with van der Waals surface area (Å²) in [6, 6.07) is 11.7. The molecule has 2 saturated heterocycles. The number of ether oxygens (including phenoxy) is 1. The number of hydrogen-bond donors (Lipinski definition) is 6. The van der Waals surface area contributed by atoms with Gasteiger partial charge in [-0.3, -0.25) is 9.59 Å². The molecule has 292 valence electrons. The van der Waals surface area contributed by atoms with Crippen molar-refractivity contribution in [3.63, 3.8) is 0 Å². The summed E-state index contributed by atoms with van der Waals surface area (Å²) in [6.45, 7) is 8.30. The van der Waals surface area contributed by atoms with Crippen molar-refractivity contribution in [1.29, 1.82) is 0 Å². The highest BCUT2D eigenvalue weighted by Gasteiger charge is 2.39. The molecule has 0 radical (unpaired) electrons. The number of aromatic nitrogens is 4. The van der Waals surface area contributed by atoms with Crippen LogP contribution in [0.25, 0.3) is 33.6 Å². The van der Waals surface area contributed by atoms with Crippen LogP contribution in [0.4, 0.5) is 9.59 Å². The van der Waals surface area contributed by atoms with Crippen LogP contribution in [-0.2, 0) is 20.9 Å². The Bertz CT molecular complexity index is 2010. The summed E-state index contributed by atoms with van der Waals surface area (Å²) in [5.41, 5.74) is 5.82. The molecule has 4 heterocycles. The largest absolute Gasteiger partial charge is 0.465 e. The van der Waals surface area contributed by atoms with Crippen LogP contribution in [0, 0.1) is 11.8 Å². The zero-order chi connectivity index (χ0) is 39.4. The number of H-pyrrole nitrogens is 2. The minimum Gasteiger partial charge on any atom is -0.465 e. The van der Waals surface area contributed by atoms with Gasteiger partial charge in [-0.05, 0) is 71.4 Å². The number of carbonyl (C=O) groups is 4. The predicted molar refractivity (Wildman–Crippen MR) is 204 cm³/mol. The standard InChI is InChI=1S/C40H50N8O7/c1-22(2)33(45-39(52)53)37(50)47-16-6-9-32(47)36-42-20-30(44-36)26-14-15-28(27(18-26)21-49)24-10-12-25(13-11-24)29-19-41-35(43-29)31-8-7-17-48(31)38(51)34(23(3)4)46-40(54)55-5/h10-15,18-20,22-23,31-34,45,49H,6-9,16-17,21H2,1-5H3,(H,41,43)(H,42,44)(H,46,54)(H,52,53)/t31?,32-,33-,34-/m0/s1. The van der Waals surface area contributed by atoms with Crippen molar-refractivity contribution in [2.24, 2.45) is 11.8 Å². The molecule has 15 nitrogen and oxygen atoms in total. The van der Waals surface area contributed by atoms with Crippen molar-refractivity contribution < 1.29 is 34.1 Å². The Kier molecular flexibility index (Phi) is 11.9. The first-order valence-electron chi connectivity index (χ1n) is 18.8. The second-order valence-electron chi connectivity index (χ2n) is 14.9. The Labute approximate surface area is 319 Å². The first-order valence-corrected chi connectivity index (χ1v) is 18.8. The van der Waals surface area contributed by atoms with E-state index in [2.05, 4.69) is 30.6 Å². The lowest BCUT2D eigenvalue weighted by atomic mass is 9.96. The van der Waals surface area contributed by atoms with E-state index >= 15 is 0 Å². The van der Waals surface area contributed by atoms with E-state index in [0.29, 0.717) is 31.2 Å². The van der Waals surface area contributed by atoms with Gasteiger partial charge in [-0.2, -0.15) is 0 Å². The minimum atomic E-state index is -1.23. The van der Waals surface area contributed by atoms with E-state index < -0.39 is 24.3 Å². The predicted octanol–water partition coefficient (Wildman–Crippen LogP) is 5.63. The third-order valence-electron chi connectivity index (χ3n) is 10.6. The van der Waals surface area contributed by atoms with E-state index in [9.17, 15) is 29.4 Å². The van der Waals surface area contributed by atoms with Crippen LogP contribution in [0.2, 0.25) is 0 Å². The highest BCUT2D eigenvalue weighted by molar-refractivity contribution is 5.87. The average Bonchev–Trinajstić information content (AvgIpc) is 4.01. The van der Waals surface area contributed by atoms with Crippen LogP contribution in [-0.4, -0.2) is 96.2 Å². The van der Waals surface area contributed by atoms with E-state index in [1.807, 2.05) is 70.2 Å². The van der Waals surface area contributed by atoms with E-state index in [1.165, 1.54) is 7.11 Å². The lowest BCUT2D eigenvalue weighted by Crippen LogP contribution is -2.51. The third kappa shape index (κ3) is 8.36. The number of methoxy groups -OCH3 is 1. The number of aromatic amines is 2. The first kappa shape index (κ1) is 39.0. The number of nitrogens with one attached hydrogen (secondary N) is 4. The number of aliphatic hydroxyl groups is 1. The van der Waals surface area contributed by atoms with Gasteiger partial charge < -0.3 is 45.4 Å². The molecule has 4 aromatic rings. The zero-order valence-electron chi connectivity index (χ0n) is 31.8. The van der Waals surface area contributed by atoms with Gasteiger partial charge in [0.1, 0.15) is 23.7 Å². The van der Waals surface area contributed by atoms with Crippen molar-refractivity contribution in [2.45, 2.75) is 84.2 Å². The van der Waals surface area contributed by atoms with Crippen molar-refractivity contribution in [1.82, 2.24) is 40.4 Å². The Hall–Kier alpha value is -5.70. The molecule has 6 N–H and O–H groups in total. The van der Waals surface area contributed by atoms with Gasteiger partial charge in [0, 0.05) is 13.1 Å². The number of amides is 4. The fourth-order valence-electron chi connectivity index (χ4n) is 7.64. The summed E-state index contributed by atoms with van der Waals surface area (Å²) in [6.07, 6.45) is 4.68. The van der Waals surface area contributed by atoms with Crippen molar-refractivity contribution >= 4 is 24.0 Å². The summed E-state index contributed by atoms with van der Waals surface area (Å²) in [4.78, 5) is 69.8. The quantitative estimate of drug-likeness (QED) is 0.106. The number of rotatable bonds is 12. The Balaban J connectivity index is 1.15. The Morgan fingerprint density at radius 1 is 0.782 bits per heavy atom. The Morgan fingerprint density at radius 3 is 1.76 bits per heavy atom. The molecule has 2 aromatic heterocycles. The molecule has 2 aromatic carbocycles. The van der Waals surface area contributed by atoms with E-state index in [-0.39, 0.29) is 42.3 Å². The molecule has 0 spiro atoms. The summed E-state index contributed by atoms with van der Waals surface area (Å²) >= 11 is 0. The van der Waals surface area contributed by atoms with Gasteiger partial charge in [0.05, 0.1) is 49.6 Å². The number of carboxylic acid groups (broad SMARTS) is 1. The molecular formula is C40H50N8O7. The molecule has 0 bridgehead atoms. The van der Waals surface area contributed by atoms with Crippen LogP contribution < -0.4 is 10.6 Å². The van der Waals surface area contributed by atoms with Crippen LogP contribution in [0.1, 0.15) is 82.7 Å². The SMILES string of the molecule is COC(=O)N[C@H](C(=O)N1CCCC1c1ncc(-c2ccc(-c3ccc(-c4cnc([C@@H]5CCCN5C(=O)[C@@H](NC(=O)O)C(C)C)[nH]4)cc3CO)cc2)[nH]1)C(C)C. The average molecular weight is 755 g/mol. The van der Waals surface area contributed by atoms with Gasteiger partial charge in [0.25, 0.3) is 0 Å². The third-order valence-corrected chi connectivity index (χ3v) is 10.6. The topological polar surface area (TPSA) is 206 Å². The van der Waals surface area contributed by atoms with Gasteiger partial charge in [-0.25, -0.2) is 19.6 Å². The van der Waals surface area contributed by atoms with Crippen LogP contribution in [0.3, 0.4) is 0 Å². The smallest absolute Gasteiger partial charge is 0.407 e. The van der Waals surface area contributed by atoms with Crippen molar-refractivity contribution in [3.8, 4) is 33.6 Å². The maximum absolute atomic E-state index is 13.5. The summed E-state index contributed by atoms with van der Waals surface area (Å²) in [5.74, 6) is 0.559. The molecule has 4 atom stereocenters. The van der Waals surface area contributed by atoms with Crippen molar-refractivity contribution in [2.75, 3.05) is 20.2 Å². The molecule has 2 aliphatic rings. The molecule has 15 heteroatoms. The van der Waals surface area contributed by atoms with Gasteiger partial charge in [0.2, 0.25) is 11.8 Å². The molecule has 0 aliphatic carbocycles. The molecule has 55 heavy (non-hydrogen) atoms. The lowest BCUT2D eigenvalue weighted by molar-refractivity contribution is -0.136. The second-order valence-corrected chi connectivity index (χ2v) is 14.9. The molecule has 2 fully saturated rings. The summed E-state index contributed by atoms with van der Waals surface area (Å²) < 4.78 is 4.75. The van der Waals surface area contributed by atoms with Crippen molar-refractivity contribution in [3.05, 3.63) is 72.1 Å². The maximum Gasteiger partial charge on any atom is 0.407 e. The number of carbonyl (C=O) groups excluding carboxylic acids is 3. The number of alkyl carbamates (subject to hydrolysis) is 1. The zero-order valence-corrected chi connectivity index (χ0v) is 31.8. The molecule has 6 rings (SSSR count). The normalized spacial score (nSPS) is 18.1. The molecule has 4 amide bonds. The molecule has 2 aliphatic heterocycles. The number of nitrogens with zero attached hydrogens (tertiary/aromatic N) is 4. The van der Waals surface area contributed by atoms with E-state index in [0.717, 1.165) is 58.5 Å². The first-order chi connectivity index (χ1) is 26.4. The number of aliphatic hydroxyl groups excluding tert-OH is 1. The highest BCUT2D eigenvalue weighted by atomic mass is 16.5. The maximum atomic E-state index is 13.5. The number of likely N-dealkylation sites (tertiary alicyclic amines) is 2. The number of hydrogen-bond acceptors (Lipinski definition) is 8. The minimum absolute atomic E-state index is 0.124. The lowest BCUT2D eigenvalue weighted by Gasteiger charge is -2.30. The molecule has 0 saturated carbocycles. The van der Waals surface area contributed by atoms with E-state index in [4.69, 9.17) is 4.74 Å². The second kappa shape index (κ2) is 16.8.